The number of amides is 1. The van der Waals surface area contributed by atoms with Crippen LogP contribution in [-0.2, 0) is 6.18 Å². The average molecular weight is 470 g/mol. The van der Waals surface area contributed by atoms with Gasteiger partial charge in [-0.25, -0.2) is 4.98 Å². The SMILES string of the molecule is [B]c1cnn2c(NCCNC(=O)c3ccccc3C(F)(F)F)cc(-c3ccccc3Cl)nc12. The van der Waals surface area contributed by atoms with Crippen LogP contribution in [0.4, 0.5) is 19.0 Å². The van der Waals surface area contributed by atoms with Crippen LogP contribution in [0.25, 0.3) is 16.9 Å². The molecule has 0 aliphatic carbocycles. The van der Waals surface area contributed by atoms with Gasteiger partial charge in [-0.05, 0) is 23.7 Å². The molecule has 0 fully saturated rings. The van der Waals surface area contributed by atoms with Crippen molar-refractivity contribution in [2.45, 2.75) is 6.18 Å². The molecule has 166 valence electrons. The predicted molar refractivity (Wildman–Crippen MR) is 121 cm³/mol. The van der Waals surface area contributed by atoms with Gasteiger partial charge in [0.05, 0.1) is 16.8 Å². The summed E-state index contributed by atoms with van der Waals surface area (Å²) in [5.74, 6) is -0.291. The van der Waals surface area contributed by atoms with Gasteiger partial charge in [-0.3, -0.25) is 4.79 Å². The summed E-state index contributed by atoms with van der Waals surface area (Å²) < 4.78 is 40.9. The lowest BCUT2D eigenvalue weighted by Crippen LogP contribution is -2.30. The zero-order valence-electron chi connectivity index (χ0n) is 17.0. The zero-order valence-corrected chi connectivity index (χ0v) is 17.8. The van der Waals surface area contributed by atoms with E-state index >= 15 is 0 Å². The van der Waals surface area contributed by atoms with E-state index in [1.807, 2.05) is 12.1 Å². The Labute approximate surface area is 193 Å². The Balaban J connectivity index is 1.50. The van der Waals surface area contributed by atoms with E-state index in [1.165, 1.54) is 22.8 Å². The highest BCUT2D eigenvalue weighted by Gasteiger charge is 2.34. The van der Waals surface area contributed by atoms with Crippen molar-refractivity contribution in [3.8, 4) is 11.3 Å². The van der Waals surface area contributed by atoms with E-state index in [9.17, 15) is 18.0 Å². The van der Waals surface area contributed by atoms with Crippen LogP contribution in [-0.4, -0.2) is 41.4 Å². The maximum absolute atomic E-state index is 13.1. The lowest BCUT2D eigenvalue weighted by Gasteiger charge is -2.14. The molecule has 0 spiro atoms. The number of carbonyl (C=O) groups is 1. The number of hydrogen-bond acceptors (Lipinski definition) is 4. The number of nitrogens with zero attached hydrogens (tertiary/aromatic N) is 3. The minimum absolute atomic E-state index is 0.0625. The van der Waals surface area contributed by atoms with Gasteiger partial charge in [-0.15, -0.1) is 0 Å². The zero-order chi connectivity index (χ0) is 23.6. The third-order valence-electron chi connectivity index (χ3n) is 4.84. The van der Waals surface area contributed by atoms with Crippen LogP contribution >= 0.6 is 11.6 Å². The maximum Gasteiger partial charge on any atom is 0.417 e. The molecule has 2 aromatic carbocycles. The van der Waals surface area contributed by atoms with Gasteiger partial charge in [0.1, 0.15) is 13.7 Å². The molecular formula is C22H16BClF3N5O. The molecule has 1 amide bonds. The van der Waals surface area contributed by atoms with Gasteiger partial charge in [0.2, 0.25) is 0 Å². The Bertz CT molecular complexity index is 1330. The first-order valence-electron chi connectivity index (χ1n) is 9.83. The molecule has 0 bridgehead atoms. The quantitative estimate of drug-likeness (QED) is 0.334. The second-order valence-electron chi connectivity index (χ2n) is 7.07. The van der Waals surface area contributed by atoms with Crippen LogP contribution in [0.5, 0.6) is 0 Å². The standard InChI is InChI=1S/C22H16BClF3N5O/c23-16-12-30-32-19(11-18(31-20(16)32)14-6-2-4-8-17(14)24)28-9-10-29-21(33)13-5-1-3-7-15(13)22(25,26)27/h1-8,11-12,28H,9-10H2,(H,29,33). The number of hydrogen-bond donors (Lipinski definition) is 2. The second kappa shape index (κ2) is 9.15. The summed E-state index contributed by atoms with van der Waals surface area (Å²) in [5, 5.41) is 10.3. The van der Waals surface area contributed by atoms with Crippen molar-refractivity contribution in [1.29, 1.82) is 0 Å². The summed E-state index contributed by atoms with van der Waals surface area (Å²) in [5.41, 5.74) is 0.621. The Morgan fingerprint density at radius 3 is 2.58 bits per heavy atom. The molecule has 0 aliphatic rings. The van der Waals surface area contributed by atoms with Gasteiger partial charge in [0, 0.05) is 35.9 Å². The molecule has 0 atom stereocenters. The molecule has 33 heavy (non-hydrogen) atoms. The Morgan fingerprint density at radius 1 is 1.09 bits per heavy atom. The van der Waals surface area contributed by atoms with Crippen molar-refractivity contribution in [3.05, 3.63) is 76.9 Å². The summed E-state index contributed by atoms with van der Waals surface area (Å²) in [4.78, 5) is 16.8. The van der Waals surface area contributed by atoms with Crippen molar-refractivity contribution in [1.82, 2.24) is 19.9 Å². The Hall–Kier alpha value is -3.53. The van der Waals surface area contributed by atoms with E-state index in [2.05, 4.69) is 20.7 Å². The first-order chi connectivity index (χ1) is 15.8. The van der Waals surface area contributed by atoms with Crippen molar-refractivity contribution in [3.63, 3.8) is 0 Å². The number of rotatable bonds is 6. The Kier molecular flexibility index (Phi) is 6.28. The smallest absolute Gasteiger partial charge is 0.368 e. The summed E-state index contributed by atoms with van der Waals surface area (Å²) in [7, 11) is 5.98. The molecular weight excluding hydrogens is 454 g/mol. The van der Waals surface area contributed by atoms with E-state index < -0.39 is 23.2 Å². The van der Waals surface area contributed by atoms with E-state index in [-0.39, 0.29) is 13.1 Å². The summed E-state index contributed by atoms with van der Waals surface area (Å²) in [6.07, 6.45) is -3.16. The van der Waals surface area contributed by atoms with Gasteiger partial charge < -0.3 is 10.6 Å². The number of nitrogens with one attached hydrogen (secondary N) is 2. The average Bonchev–Trinajstić information content (AvgIpc) is 3.17. The van der Waals surface area contributed by atoms with E-state index in [0.29, 0.717) is 33.2 Å². The Morgan fingerprint density at radius 2 is 1.82 bits per heavy atom. The van der Waals surface area contributed by atoms with E-state index in [0.717, 1.165) is 12.1 Å². The summed E-state index contributed by atoms with van der Waals surface area (Å²) in [6.45, 7) is 0.272. The number of anilines is 1. The second-order valence-corrected chi connectivity index (χ2v) is 7.48. The van der Waals surface area contributed by atoms with Gasteiger partial charge >= 0.3 is 6.18 Å². The van der Waals surface area contributed by atoms with Gasteiger partial charge in [-0.1, -0.05) is 41.9 Å². The van der Waals surface area contributed by atoms with Crippen LogP contribution in [0.2, 0.25) is 5.02 Å². The predicted octanol–water partition coefficient (Wildman–Crippen LogP) is 3.70. The minimum atomic E-state index is -4.62. The highest BCUT2D eigenvalue weighted by atomic mass is 35.5. The monoisotopic (exact) mass is 469 g/mol. The first-order valence-corrected chi connectivity index (χ1v) is 10.2. The topological polar surface area (TPSA) is 71.3 Å². The molecule has 4 rings (SSSR count). The fourth-order valence-electron chi connectivity index (χ4n) is 3.30. The molecule has 2 radical (unpaired) electrons. The third-order valence-corrected chi connectivity index (χ3v) is 5.17. The van der Waals surface area contributed by atoms with Crippen LogP contribution in [0.1, 0.15) is 15.9 Å². The number of aromatic nitrogens is 3. The maximum atomic E-state index is 13.1. The molecule has 4 aromatic rings. The molecule has 2 aromatic heterocycles. The fourth-order valence-corrected chi connectivity index (χ4v) is 3.54. The number of fused-ring (bicyclic) bond motifs is 1. The normalized spacial score (nSPS) is 11.5. The van der Waals surface area contributed by atoms with Crippen LogP contribution < -0.4 is 16.1 Å². The van der Waals surface area contributed by atoms with Gasteiger partial charge in [-0.2, -0.15) is 22.8 Å². The van der Waals surface area contributed by atoms with Crippen molar-refractivity contribution >= 4 is 42.3 Å². The molecule has 6 nitrogen and oxygen atoms in total. The number of alkyl halides is 3. The van der Waals surface area contributed by atoms with E-state index in [1.54, 1.807) is 18.2 Å². The molecule has 0 aliphatic heterocycles. The van der Waals surface area contributed by atoms with Crippen molar-refractivity contribution < 1.29 is 18.0 Å². The fraction of sp³-hybridized carbons (Fsp3) is 0.136. The number of benzene rings is 2. The van der Waals surface area contributed by atoms with Gasteiger partial charge in [0.25, 0.3) is 5.91 Å². The lowest BCUT2D eigenvalue weighted by atomic mass is 10.0. The molecule has 0 saturated heterocycles. The third kappa shape index (κ3) is 4.80. The largest absolute Gasteiger partial charge is 0.417 e. The highest BCUT2D eigenvalue weighted by molar-refractivity contribution is 6.36. The molecule has 2 N–H and O–H groups in total. The molecule has 0 saturated carbocycles. The van der Waals surface area contributed by atoms with Crippen LogP contribution in [0, 0.1) is 0 Å². The first kappa shape index (κ1) is 22.7. The summed E-state index contributed by atoms with van der Waals surface area (Å²) >= 11 is 6.30. The van der Waals surface area contributed by atoms with Crippen molar-refractivity contribution in [2.75, 3.05) is 18.4 Å². The van der Waals surface area contributed by atoms with E-state index in [4.69, 9.17) is 19.4 Å². The lowest BCUT2D eigenvalue weighted by molar-refractivity contribution is -0.137. The van der Waals surface area contributed by atoms with Gasteiger partial charge in [0.15, 0.2) is 5.65 Å². The van der Waals surface area contributed by atoms with Crippen LogP contribution in [0.3, 0.4) is 0 Å². The number of halogens is 4. The molecule has 0 unspecified atom stereocenters. The molecule has 11 heteroatoms. The van der Waals surface area contributed by atoms with Crippen LogP contribution in [0.15, 0.2) is 60.8 Å². The summed E-state index contributed by atoms with van der Waals surface area (Å²) in [6, 6.07) is 13.5. The number of carbonyl (C=O) groups excluding carboxylic acids is 1. The minimum Gasteiger partial charge on any atom is -0.368 e. The highest BCUT2D eigenvalue weighted by Crippen LogP contribution is 2.32. The van der Waals surface area contributed by atoms with Crippen molar-refractivity contribution in [2.24, 2.45) is 0 Å². The molecule has 2 heterocycles.